The van der Waals surface area contributed by atoms with Gasteiger partial charge in [-0.05, 0) is 36.8 Å². The van der Waals surface area contributed by atoms with E-state index < -0.39 is 15.7 Å². The number of pyridine rings is 1. The van der Waals surface area contributed by atoms with Crippen LogP contribution in [-0.2, 0) is 9.84 Å². The highest BCUT2D eigenvalue weighted by Crippen LogP contribution is 2.24. The van der Waals surface area contributed by atoms with E-state index >= 15 is 0 Å². The molecule has 1 amide bonds. The molecule has 0 aliphatic heterocycles. The number of benzene rings is 1. The van der Waals surface area contributed by atoms with Crippen molar-refractivity contribution in [3.05, 3.63) is 72.6 Å². The number of nitrogens with one attached hydrogen (secondary N) is 1. The van der Waals surface area contributed by atoms with Gasteiger partial charge in [0, 0.05) is 24.2 Å². The molecule has 3 heterocycles. The van der Waals surface area contributed by atoms with Crippen LogP contribution in [-0.4, -0.2) is 40.5 Å². The number of aryl methyl sites for hydroxylation is 1. The molecule has 0 unspecified atom stereocenters. The van der Waals surface area contributed by atoms with Crippen LogP contribution >= 0.6 is 0 Å². The number of rotatable bonds is 5. The van der Waals surface area contributed by atoms with Gasteiger partial charge in [-0.3, -0.25) is 9.78 Å². The minimum absolute atomic E-state index is 0.0271. The van der Waals surface area contributed by atoms with Crippen molar-refractivity contribution < 1.29 is 17.6 Å². The molecule has 0 aliphatic carbocycles. The fourth-order valence-corrected chi connectivity index (χ4v) is 3.43. The summed E-state index contributed by atoms with van der Waals surface area (Å²) in [4.78, 5) is 29.8. The third-order valence-corrected chi connectivity index (χ3v) is 5.50. The van der Waals surface area contributed by atoms with Crippen LogP contribution in [0, 0.1) is 6.92 Å². The summed E-state index contributed by atoms with van der Waals surface area (Å²) in [6, 6.07) is 11.3. The number of anilines is 1. The normalized spacial score (nSPS) is 11.3. The van der Waals surface area contributed by atoms with Crippen molar-refractivity contribution in [3.63, 3.8) is 0 Å². The maximum atomic E-state index is 12.8. The van der Waals surface area contributed by atoms with Crippen molar-refractivity contribution in [2.45, 2.75) is 11.8 Å². The highest BCUT2D eigenvalue weighted by Gasteiger charge is 2.20. The molecule has 3 aromatic heterocycles. The van der Waals surface area contributed by atoms with Gasteiger partial charge in [0.2, 0.25) is 5.76 Å². The van der Waals surface area contributed by atoms with Crippen LogP contribution < -0.4 is 5.32 Å². The maximum Gasteiger partial charge on any atom is 0.294 e. The Kier molecular flexibility index (Phi) is 5.30. The number of sulfone groups is 1. The van der Waals surface area contributed by atoms with Gasteiger partial charge < -0.3 is 9.73 Å². The van der Waals surface area contributed by atoms with Gasteiger partial charge in [-0.25, -0.2) is 23.4 Å². The van der Waals surface area contributed by atoms with Gasteiger partial charge >= 0.3 is 0 Å². The van der Waals surface area contributed by atoms with E-state index in [1.807, 2.05) is 13.0 Å². The van der Waals surface area contributed by atoms with Gasteiger partial charge in [-0.15, -0.1) is 0 Å². The predicted octanol–water partition coefficient (Wildman–Crippen LogP) is 3.16. The van der Waals surface area contributed by atoms with Crippen LogP contribution in [0.15, 0.2) is 70.6 Å². The van der Waals surface area contributed by atoms with Crippen molar-refractivity contribution in [3.8, 4) is 22.8 Å². The second-order valence-corrected chi connectivity index (χ2v) is 8.78. The van der Waals surface area contributed by atoms with Gasteiger partial charge in [-0.1, -0.05) is 18.2 Å². The summed E-state index contributed by atoms with van der Waals surface area (Å²) in [7, 11) is -3.33. The summed E-state index contributed by atoms with van der Waals surface area (Å²) in [5, 5.41) is 2.66. The first-order valence-electron chi connectivity index (χ1n) is 9.13. The van der Waals surface area contributed by atoms with Gasteiger partial charge in [-0.2, -0.15) is 0 Å². The molecule has 4 aromatic rings. The lowest BCUT2D eigenvalue weighted by atomic mass is 10.1. The Balaban J connectivity index is 1.58. The van der Waals surface area contributed by atoms with Crippen molar-refractivity contribution in [2.24, 2.45) is 0 Å². The number of hydrogen-bond donors (Lipinski definition) is 1. The molecular formula is C21H17N5O4S. The molecule has 1 N–H and O–H groups in total. The summed E-state index contributed by atoms with van der Waals surface area (Å²) < 4.78 is 28.6. The molecule has 0 spiro atoms. The fraction of sp³-hybridized carbons (Fsp3) is 0.0952. The predicted molar refractivity (Wildman–Crippen MR) is 113 cm³/mol. The number of amides is 1. The van der Waals surface area contributed by atoms with Crippen molar-refractivity contribution in [1.29, 1.82) is 0 Å². The van der Waals surface area contributed by atoms with Crippen LogP contribution in [0.5, 0.6) is 0 Å². The second kappa shape index (κ2) is 8.07. The van der Waals surface area contributed by atoms with Crippen molar-refractivity contribution >= 4 is 21.6 Å². The molecule has 0 saturated carbocycles. The molecule has 0 saturated heterocycles. The maximum absolute atomic E-state index is 12.8. The quantitative estimate of drug-likeness (QED) is 0.506. The number of nitrogens with zero attached hydrogens (tertiary/aromatic N) is 4. The number of aromatic nitrogens is 4. The highest BCUT2D eigenvalue weighted by atomic mass is 32.2. The van der Waals surface area contributed by atoms with Crippen LogP contribution in [0.4, 0.5) is 5.82 Å². The summed E-state index contributed by atoms with van der Waals surface area (Å²) in [6.45, 7) is 1.93. The Bertz CT molecular complexity index is 1350. The summed E-state index contributed by atoms with van der Waals surface area (Å²) in [5.74, 6) is 0.0565. The van der Waals surface area contributed by atoms with Crippen molar-refractivity contribution in [2.75, 3.05) is 11.6 Å². The van der Waals surface area contributed by atoms with E-state index in [9.17, 15) is 13.2 Å². The minimum Gasteiger partial charge on any atom is -0.438 e. The molecule has 31 heavy (non-hydrogen) atoms. The van der Waals surface area contributed by atoms with E-state index in [1.165, 1.54) is 18.3 Å². The number of carbonyl (C=O) groups is 1. The van der Waals surface area contributed by atoms with Gasteiger partial charge in [0.25, 0.3) is 5.91 Å². The van der Waals surface area contributed by atoms with Gasteiger partial charge in [0.1, 0.15) is 17.2 Å². The first-order valence-corrected chi connectivity index (χ1v) is 11.0. The zero-order valence-corrected chi connectivity index (χ0v) is 17.4. The molecule has 1 aromatic carbocycles. The lowest BCUT2D eigenvalue weighted by molar-refractivity contribution is 0.0997. The largest absolute Gasteiger partial charge is 0.438 e. The lowest BCUT2D eigenvalue weighted by Gasteiger charge is -2.06. The summed E-state index contributed by atoms with van der Waals surface area (Å²) >= 11 is 0. The molecule has 10 heteroatoms. The van der Waals surface area contributed by atoms with Gasteiger partial charge in [0.05, 0.1) is 4.90 Å². The van der Waals surface area contributed by atoms with E-state index in [0.29, 0.717) is 17.1 Å². The molecule has 4 rings (SSSR count). The van der Waals surface area contributed by atoms with E-state index in [4.69, 9.17) is 4.42 Å². The van der Waals surface area contributed by atoms with Crippen LogP contribution in [0.25, 0.3) is 22.8 Å². The Morgan fingerprint density at radius 3 is 2.45 bits per heavy atom. The summed E-state index contributed by atoms with van der Waals surface area (Å²) in [6.07, 6.45) is 5.50. The smallest absolute Gasteiger partial charge is 0.294 e. The molecule has 9 nitrogen and oxygen atoms in total. The Morgan fingerprint density at radius 1 is 1.00 bits per heavy atom. The lowest BCUT2D eigenvalue weighted by Crippen LogP contribution is -2.13. The Hall–Kier alpha value is -3.92. The number of carbonyl (C=O) groups excluding carboxylic acids is 1. The molecule has 0 aliphatic rings. The fourth-order valence-electron chi connectivity index (χ4n) is 2.80. The zero-order valence-electron chi connectivity index (χ0n) is 16.6. The van der Waals surface area contributed by atoms with E-state index in [1.54, 1.807) is 30.5 Å². The zero-order chi connectivity index (χ0) is 22.0. The van der Waals surface area contributed by atoms with Crippen LogP contribution in [0.1, 0.15) is 16.1 Å². The average Bonchev–Trinajstić information content (AvgIpc) is 3.24. The minimum atomic E-state index is -3.33. The van der Waals surface area contributed by atoms with Crippen molar-refractivity contribution in [1.82, 2.24) is 19.9 Å². The standard InChI is InChI=1S/C21H17N5O4S/c1-13-3-8-16(23-11-13)20-22-10-9-17(25-20)26-21(27)19-18(24-12-30-19)14-4-6-15(7-5-14)31(2,28)29/h3-12H,1-2H3,(H,22,25,26,27). The third-order valence-electron chi connectivity index (χ3n) is 4.37. The SMILES string of the molecule is Cc1ccc(-c2nccc(NC(=O)c3ocnc3-c3ccc(S(C)(=O)=O)cc3)n2)nc1. The Labute approximate surface area is 178 Å². The van der Waals surface area contributed by atoms with E-state index in [-0.39, 0.29) is 22.2 Å². The highest BCUT2D eigenvalue weighted by molar-refractivity contribution is 7.90. The molecule has 156 valence electrons. The molecule has 0 bridgehead atoms. The first-order chi connectivity index (χ1) is 14.8. The molecular weight excluding hydrogens is 418 g/mol. The Morgan fingerprint density at radius 2 is 1.77 bits per heavy atom. The first kappa shape index (κ1) is 20.4. The summed E-state index contributed by atoms with van der Waals surface area (Å²) in [5.41, 5.74) is 2.41. The monoisotopic (exact) mass is 435 g/mol. The van der Waals surface area contributed by atoms with E-state index in [0.717, 1.165) is 18.2 Å². The topological polar surface area (TPSA) is 128 Å². The number of hydrogen-bond acceptors (Lipinski definition) is 8. The van der Waals surface area contributed by atoms with Gasteiger partial charge in [0.15, 0.2) is 22.1 Å². The number of oxazole rings is 1. The second-order valence-electron chi connectivity index (χ2n) is 6.77. The molecule has 0 fully saturated rings. The molecule has 0 atom stereocenters. The van der Waals surface area contributed by atoms with E-state index in [2.05, 4.69) is 25.3 Å². The van der Waals surface area contributed by atoms with Crippen LogP contribution in [0.3, 0.4) is 0 Å². The average molecular weight is 435 g/mol. The third kappa shape index (κ3) is 4.48. The molecule has 0 radical (unpaired) electrons. The van der Waals surface area contributed by atoms with Crippen LogP contribution in [0.2, 0.25) is 0 Å².